The minimum Gasteiger partial charge on any atom is -0.383 e. The molecule has 6 heteroatoms. The lowest BCUT2D eigenvalue weighted by Crippen LogP contribution is -2.31. The summed E-state index contributed by atoms with van der Waals surface area (Å²) < 4.78 is 6.82. The Morgan fingerprint density at radius 3 is 3.20 bits per heavy atom. The predicted octanol–water partition coefficient (Wildman–Crippen LogP) is -0.120. The number of rotatable bonds is 4. The van der Waals surface area contributed by atoms with E-state index in [1.807, 2.05) is 0 Å². The van der Waals surface area contributed by atoms with E-state index in [9.17, 15) is 0 Å². The summed E-state index contributed by atoms with van der Waals surface area (Å²) in [5.74, 6) is 5.45. The Kier molecular flexibility index (Phi) is 2.91. The summed E-state index contributed by atoms with van der Waals surface area (Å²) in [5, 5.41) is 4.20. The quantitative estimate of drug-likeness (QED) is 0.540. The van der Waals surface area contributed by atoms with Crippen LogP contribution in [0.2, 0.25) is 0 Å². The van der Waals surface area contributed by atoms with Gasteiger partial charge in [-0.15, -0.1) is 0 Å². The fourth-order valence-electron chi connectivity index (χ4n) is 1.52. The van der Waals surface area contributed by atoms with E-state index in [1.54, 1.807) is 36.4 Å². The number of fused-ring (bicyclic) bond motifs is 1. The largest absolute Gasteiger partial charge is 0.383 e. The van der Waals surface area contributed by atoms with Crippen molar-refractivity contribution in [3.05, 3.63) is 30.4 Å². The number of nitrogens with one attached hydrogen (secondary N) is 1. The number of hydrogen-bond donors (Lipinski definition) is 2. The van der Waals surface area contributed by atoms with Crippen LogP contribution in [0.15, 0.2) is 24.8 Å². The molecule has 2 heterocycles. The van der Waals surface area contributed by atoms with Crippen LogP contribution >= 0.6 is 0 Å². The molecule has 1 atom stereocenters. The maximum Gasteiger partial charge on any atom is 0.0894 e. The van der Waals surface area contributed by atoms with E-state index in [1.165, 1.54) is 0 Å². The highest BCUT2D eigenvalue weighted by Crippen LogP contribution is 2.17. The van der Waals surface area contributed by atoms with Gasteiger partial charge in [0.25, 0.3) is 0 Å². The van der Waals surface area contributed by atoms with E-state index < -0.39 is 0 Å². The van der Waals surface area contributed by atoms with Crippen LogP contribution in [0, 0.1) is 0 Å². The van der Waals surface area contributed by atoms with Crippen LogP contribution in [0.3, 0.4) is 0 Å². The molecule has 2 rings (SSSR count). The lowest BCUT2D eigenvalue weighted by atomic mass is 10.1. The second kappa shape index (κ2) is 4.35. The van der Waals surface area contributed by atoms with Gasteiger partial charge in [0.05, 0.1) is 30.6 Å². The molecule has 0 aromatic carbocycles. The van der Waals surface area contributed by atoms with Gasteiger partial charge in [-0.1, -0.05) is 0 Å². The molecule has 0 saturated heterocycles. The van der Waals surface area contributed by atoms with Crippen LogP contribution in [-0.2, 0) is 4.74 Å². The molecule has 0 amide bonds. The molecule has 15 heavy (non-hydrogen) atoms. The zero-order chi connectivity index (χ0) is 10.7. The van der Waals surface area contributed by atoms with E-state index >= 15 is 0 Å². The van der Waals surface area contributed by atoms with Crippen molar-refractivity contribution < 1.29 is 4.74 Å². The van der Waals surface area contributed by atoms with Gasteiger partial charge >= 0.3 is 0 Å². The molecular weight excluding hydrogens is 194 g/mol. The fraction of sp³-hybridized carbons (Fsp3) is 0.333. The second-order valence-electron chi connectivity index (χ2n) is 3.18. The van der Waals surface area contributed by atoms with E-state index in [-0.39, 0.29) is 6.04 Å². The van der Waals surface area contributed by atoms with Gasteiger partial charge in [-0.05, 0) is 0 Å². The first-order valence-corrected chi connectivity index (χ1v) is 4.59. The van der Waals surface area contributed by atoms with Crippen molar-refractivity contribution in [1.29, 1.82) is 0 Å². The van der Waals surface area contributed by atoms with Crippen molar-refractivity contribution in [2.45, 2.75) is 6.04 Å². The molecule has 6 nitrogen and oxygen atoms in total. The lowest BCUT2D eigenvalue weighted by molar-refractivity contribution is 0.168. The van der Waals surface area contributed by atoms with E-state index in [2.05, 4.69) is 15.5 Å². The number of hydrogen-bond acceptors (Lipinski definition) is 5. The molecule has 1 unspecified atom stereocenters. The van der Waals surface area contributed by atoms with Gasteiger partial charge < -0.3 is 4.74 Å². The Bertz CT molecular complexity index is 441. The Balaban J connectivity index is 2.41. The molecule has 0 radical (unpaired) electrons. The normalized spacial score (nSPS) is 13.2. The highest BCUT2D eigenvalue weighted by Gasteiger charge is 2.14. The summed E-state index contributed by atoms with van der Waals surface area (Å²) in [7, 11) is 1.63. The molecule has 0 aliphatic carbocycles. The first kappa shape index (κ1) is 10.0. The van der Waals surface area contributed by atoms with E-state index in [0.717, 1.165) is 11.1 Å². The molecule has 80 valence electrons. The Labute approximate surface area is 87.0 Å². The van der Waals surface area contributed by atoms with Crippen LogP contribution in [0.4, 0.5) is 0 Å². The third-order valence-electron chi connectivity index (χ3n) is 2.26. The summed E-state index contributed by atoms with van der Waals surface area (Å²) in [6, 6.07) is -0.0725. The van der Waals surface area contributed by atoms with Crippen LogP contribution in [0.5, 0.6) is 0 Å². The third-order valence-corrected chi connectivity index (χ3v) is 2.26. The molecule has 3 N–H and O–H groups in total. The van der Waals surface area contributed by atoms with Crippen LogP contribution in [-0.4, -0.2) is 28.3 Å². The number of ether oxygens (including phenoxy) is 1. The SMILES string of the molecule is COCC(NN)c1cnn2ccncc12. The molecule has 0 aliphatic rings. The lowest BCUT2D eigenvalue weighted by Gasteiger charge is -2.12. The predicted molar refractivity (Wildman–Crippen MR) is 54.9 cm³/mol. The van der Waals surface area contributed by atoms with Crippen LogP contribution < -0.4 is 11.3 Å². The minimum absolute atomic E-state index is 0.0725. The molecule has 0 fully saturated rings. The fourth-order valence-corrected chi connectivity index (χ4v) is 1.52. The molecule has 0 bridgehead atoms. The standard InChI is InChI=1S/C9H13N5O/c1-15-6-8(13-10)7-4-12-14-3-2-11-5-9(7)14/h2-5,8,13H,6,10H2,1H3. The van der Waals surface area contributed by atoms with E-state index in [4.69, 9.17) is 10.6 Å². The number of hydrazine groups is 1. The Morgan fingerprint density at radius 1 is 1.60 bits per heavy atom. The number of nitrogens with two attached hydrogens (primary N) is 1. The minimum atomic E-state index is -0.0725. The molecule has 0 saturated carbocycles. The van der Waals surface area contributed by atoms with E-state index in [0.29, 0.717) is 6.61 Å². The highest BCUT2D eigenvalue weighted by atomic mass is 16.5. The van der Waals surface area contributed by atoms with Gasteiger partial charge in [0.15, 0.2) is 0 Å². The molecular formula is C9H13N5O. The first-order chi connectivity index (χ1) is 7.36. The maximum atomic E-state index is 5.45. The average molecular weight is 207 g/mol. The van der Waals surface area contributed by atoms with Crippen LogP contribution in [0.25, 0.3) is 5.52 Å². The zero-order valence-electron chi connectivity index (χ0n) is 8.42. The summed E-state index contributed by atoms with van der Waals surface area (Å²) in [4.78, 5) is 4.05. The van der Waals surface area contributed by atoms with Crippen LogP contribution in [0.1, 0.15) is 11.6 Å². The van der Waals surface area contributed by atoms with Crippen molar-refractivity contribution in [1.82, 2.24) is 20.0 Å². The summed E-state index contributed by atoms with van der Waals surface area (Å²) >= 11 is 0. The maximum absolute atomic E-state index is 5.45. The number of methoxy groups -OCH3 is 1. The monoisotopic (exact) mass is 207 g/mol. The Hall–Kier alpha value is -1.50. The van der Waals surface area contributed by atoms with Crippen molar-refractivity contribution in [2.24, 2.45) is 5.84 Å². The zero-order valence-corrected chi connectivity index (χ0v) is 8.42. The summed E-state index contributed by atoms with van der Waals surface area (Å²) in [6.07, 6.45) is 6.99. The van der Waals surface area contributed by atoms with Gasteiger partial charge in [0, 0.05) is 25.1 Å². The molecule has 2 aromatic heterocycles. The van der Waals surface area contributed by atoms with Crippen molar-refractivity contribution >= 4 is 5.52 Å². The number of nitrogens with zero attached hydrogens (tertiary/aromatic N) is 3. The van der Waals surface area contributed by atoms with Crippen molar-refractivity contribution in [2.75, 3.05) is 13.7 Å². The van der Waals surface area contributed by atoms with Gasteiger partial charge in [-0.2, -0.15) is 5.10 Å². The Morgan fingerprint density at radius 2 is 2.47 bits per heavy atom. The third kappa shape index (κ3) is 1.82. The highest BCUT2D eigenvalue weighted by molar-refractivity contribution is 5.53. The van der Waals surface area contributed by atoms with Crippen molar-refractivity contribution in [3.63, 3.8) is 0 Å². The summed E-state index contributed by atoms with van der Waals surface area (Å²) in [6.45, 7) is 0.493. The van der Waals surface area contributed by atoms with Gasteiger partial charge in [-0.3, -0.25) is 16.3 Å². The van der Waals surface area contributed by atoms with Gasteiger partial charge in [0.2, 0.25) is 0 Å². The molecule has 0 aliphatic heterocycles. The average Bonchev–Trinajstić information content (AvgIpc) is 2.70. The first-order valence-electron chi connectivity index (χ1n) is 4.59. The number of aromatic nitrogens is 3. The summed E-state index contributed by atoms with van der Waals surface area (Å²) in [5.41, 5.74) is 4.60. The van der Waals surface area contributed by atoms with Gasteiger partial charge in [0.1, 0.15) is 0 Å². The topological polar surface area (TPSA) is 77.5 Å². The second-order valence-corrected chi connectivity index (χ2v) is 3.18. The van der Waals surface area contributed by atoms with Gasteiger partial charge in [-0.25, -0.2) is 4.52 Å². The molecule has 2 aromatic rings. The molecule has 0 spiro atoms. The smallest absolute Gasteiger partial charge is 0.0894 e. The van der Waals surface area contributed by atoms with Crippen molar-refractivity contribution in [3.8, 4) is 0 Å².